The molecule has 1 saturated carbocycles. The molecule has 2 rings (SSSR count). The van der Waals surface area contributed by atoms with Gasteiger partial charge in [-0.3, -0.25) is 9.79 Å². The quantitative estimate of drug-likeness (QED) is 0.331. The van der Waals surface area contributed by atoms with E-state index in [4.69, 9.17) is 4.74 Å². The average molecular weight is 381 g/mol. The van der Waals surface area contributed by atoms with Crippen molar-refractivity contribution >= 4 is 23.2 Å². The Hall–Kier alpha value is -1.60. The van der Waals surface area contributed by atoms with E-state index in [2.05, 4.69) is 20.9 Å². The van der Waals surface area contributed by atoms with Crippen LogP contribution in [0.3, 0.4) is 0 Å². The smallest absolute Gasteiger partial charge is 0.261 e. The summed E-state index contributed by atoms with van der Waals surface area (Å²) in [6.45, 7) is 3.07. The largest absolute Gasteiger partial charge is 0.378 e. The molecule has 26 heavy (non-hydrogen) atoms. The highest BCUT2D eigenvalue weighted by Gasteiger charge is 2.13. The van der Waals surface area contributed by atoms with E-state index in [1.54, 1.807) is 7.05 Å². The molecule has 0 radical (unpaired) electrons. The zero-order valence-electron chi connectivity index (χ0n) is 15.8. The van der Waals surface area contributed by atoms with Crippen molar-refractivity contribution in [2.24, 2.45) is 4.99 Å². The van der Waals surface area contributed by atoms with E-state index in [0.717, 1.165) is 43.4 Å². The minimum absolute atomic E-state index is 0.000438. The third kappa shape index (κ3) is 8.19. The van der Waals surface area contributed by atoms with Crippen molar-refractivity contribution in [3.63, 3.8) is 0 Å². The van der Waals surface area contributed by atoms with Crippen LogP contribution in [0.2, 0.25) is 0 Å². The second kappa shape index (κ2) is 12.7. The molecule has 1 fully saturated rings. The van der Waals surface area contributed by atoms with E-state index in [0.29, 0.717) is 12.6 Å². The van der Waals surface area contributed by atoms with Gasteiger partial charge in [0.05, 0.1) is 11.0 Å². The third-order valence-electron chi connectivity index (χ3n) is 4.42. The Labute approximate surface area is 160 Å². The molecule has 1 aliphatic rings. The lowest BCUT2D eigenvalue weighted by molar-refractivity contribution is 0.0277. The summed E-state index contributed by atoms with van der Waals surface area (Å²) in [5, 5.41) is 11.4. The van der Waals surface area contributed by atoms with Crippen LogP contribution in [0, 0.1) is 0 Å². The molecular formula is C19H32N4O2S. The maximum Gasteiger partial charge on any atom is 0.261 e. The average Bonchev–Trinajstić information content (AvgIpc) is 3.21. The number of rotatable bonds is 10. The van der Waals surface area contributed by atoms with E-state index in [9.17, 15) is 4.79 Å². The van der Waals surface area contributed by atoms with Gasteiger partial charge in [0.15, 0.2) is 5.96 Å². The molecule has 7 heteroatoms. The zero-order chi connectivity index (χ0) is 18.5. The molecule has 3 N–H and O–H groups in total. The first-order valence-corrected chi connectivity index (χ1v) is 10.6. The summed E-state index contributed by atoms with van der Waals surface area (Å²) in [5.41, 5.74) is 0. The Balaban J connectivity index is 1.45. The van der Waals surface area contributed by atoms with Crippen molar-refractivity contribution in [1.29, 1.82) is 0 Å². The fraction of sp³-hybridized carbons (Fsp3) is 0.684. The van der Waals surface area contributed by atoms with E-state index in [1.807, 2.05) is 17.5 Å². The van der Waals surface area contributed by atoms with E-state index >= 15 is 0 Å². The van der Waals surface area contributed by atoms with Crippen LogP contribution < -0.4 is 16.0 Å². The number of amides is 1. The van der Waals surface area contributed by atoms with Crippen LogP contribution >= 0.6 is 11.3 Å². The summed E-state index contributed by atoms with van der Waals surface area (Å²) in [6, 6.07) is 3.72. The number of hydrogen-bond donors (Lipinski definition) is 3. The number of thiophene rings is 1. The molecule has 0 aromatic carbocycles. The molecule has 1 aliphatic carbocycles. The van der Waals surface area contributed by atoms with Gasteiger partial charge in [0, 0.05) is 33.3 Å². The molecule has 0 saturated heterocycles. The molecule has 0 atom stereocenters. The summed E-state index contributed by atoms with van der Waals surface area (Å²) in [6.07, 6.45) is 8.74. The molecule has 0 spiro atoms. The van der Waals surface area contributed by atoms with Gasteiger partial charge in [0.2, 0.25) is 0 Å². The molecular weight excluding hydrogens is 348 g/mol. The van der Waals surface area contributed by atoms with Gasteiger partial charge in [-0.2, -0.15) is 0 Å². The van der Waals surface area contributed by atoms with Crippen molar-refractivity contribution in [2.45, 2.75) is 51.0 Å². The van der Waals surface area contributed by atoms with E-state index < -0.39 is 0 Å². The molecule has 0 unspecified atom stereocenters. The van der Waals surface area contributed by atoms with Gasteiger partial charge < -0.3 is 20.7 Å². The van der Waals surface area contributed by atoms with Gasteiger partial charge in [0.25, 0.3) is 5.91 Å². The fourth-order valence-electron chi connectivity index (χ4n) is 2.97. The Kier molecular flexibility index (Phi) is 10.1. The number of carbonyl (C=O) groups excluding carboxylic acids is 1. The molecule has 6 nitrogen and oxygen atoms in total. The molecule has 1 aromatic heterocycles. The van der Waals surface area contributed by atoms with Crippen LogP contribution in [-0.2, 0) is 4.74 Å². The number of aliphatic imine (C=N–C) groups is 1. The standard InChI is InChI=1S/C19H32N4O2S/c1-20-19(23-13-7-14-25-16-8-3-2-4-9-16)22-12-6-11-21-18(24)17-10-5-15-26-17/h5,10,15-16H,2-4,6-9,11-14H2,1H3,(H,21,24)(H2,20,22,23). The van der Waals surface area contributed by atoms with Crippen LogP contribution in [0.5, 0.6) is 0 Å². The second-order valence-electron chi connectivity index (χ2n) is 6.50. The van der Waals surface area contributed by atoms with Crippen molar-refractivity contribution < 1.29 is 9.53 Å². The number of nitrogens with zero attached hydrogens (tertiary/aromatic N) is 1. The topological polar surface area (TPSA) is 74.8 Å². The van der Waals surface area contributed by atoms with Crippen LogP contribution in [0.4, 0.5) is 0 Å². The van der Waals surface area contributed by atoms with Crippen LogP contribution in [0.25, 0.3) is 0 Å². The Morgan fingerprint density at radius 2 is 1.88 bits per heavy atom. The van der Waals surface area contributed by atoms with Gasteiger partial charge >= 0.3 is 0 Å². The molecule has 1 aromatic rings. The van der Waals surface area contributed by atoms with Gasteiger partial charge in [-0.15, -0.1) is 11.3 Å². The number of hydrogen-bond acceptors (Lipinski definition) is 4. The lowest BCUT2D eigenvalue weighted by atomic mass is 9.98. The molecule has 1 heterocycles. The number of ether oxygens (including phenoxy) is 1. The maximum absolute atomic E-state index is 11.8. The first-order valence-electron chi connectivity index (χ1n) is 9.67. The summed E-state index contributed by atoms with van der Waals surface area (Å²) in [7, 11) is 1.77. The summed E-state index contributed by atoms with van der Waals surface area (Å²) >= 11 is 1.46. The normalized spacial score (nSPS) is 15.7. The van der Waals surface area contributed by atoms with Crippen molar-refractivity contribution in [3.8, 4) is 0 Å². The minimum Gasteiger partial charge on any atom is -0.378 e. The fourth-order valence-corrected chi connectivity index (χ4v) is 3.61. The molecule has 1 amide bonds. The van der Waals surface area contributed by atoms with Crippen LogP contribution in [0.15, 0.2) is 22.5 Å². The summed E-state index contributed by atoms with van der Waals surface area (Å²) < 4.78 is 5.92. The Morgan fingerprint density at radius 1 is 1.15 bits per heavy atom. The lowest BCUT2D eigenvalue weighted by Crippen LogP contribution is -2.39. The van der Waals surface area contributed by atoms with Gasteiger partial charge in [-0.05, 0) is 37.1 Å². The predicted octanol–water partition coefficient (Wildman–Crippen LogP) is 2.77. The Bertz CT molecular complexity index is 528. The molecule has 146 valence electrons. The first-order chi connectivity index (χ1) is 12.8. The number of nitrogens with one attached hydrogen (secondary N) is 3. The van der Waals surface area contributed by atoms with Gasteiger partial charge in [0.1, 0.15) is 0 Å². The highest BCUT2D eigenvalue weighted by molar-refractivity contribution is 7.12. The third-order valence-corrected chi connectivity index (χ3v) is 5.29. The van der Waals surface area contributed by atoms with E-state index in [1.165, 1.54) is 43.4 Å². The van der Waals surface area contributed by atoms with Crippen LogP contribution in [0.1, 0.15) is 54.6 Å². The molecule has 0 aliphatic heterocycles. The van der Waals surface area contributed by atoms with E-state index in [-0.39, 0.29) is 5.91 Å². The maximum atomic E-state index is 11.8. The number of carbonyl (C=O) groups is 1. The highest BCUT2D eigenvalue weighted by Crippen LogP contribution is 2.20. The molecule has 0 bridgehead atoms. The number of guanidine groups is 1. The van der Waals surface area contributed by atoms with Gasteiger partial charge in [-0.25, -0.2) is 0 Å². The van der Waals surface area contributed by atoms with Crippen molar-refractivity contribution in [2.75, 3.05) is 33.3 Å². The minimum atomic E-state index is 0.000438. The highest BCUT2D eigenvalue weighted by atomic mass is 32.1. The Morgan fingerprint density at radius 3 is 2.58 bits per heavy atom. The van der Waals surface area contributed by atoms with Gasteiger partial charge in [-0.1, -0.05) is 25.3 Å². The monoisotopic (exact) mass is 380 g/mol. The lowest BCUT2D eigenvalue weighted by Gasteiger charge is -2.22. The first kappa shape index (κ1) is 20.7. The van der Waals surface area contributed by atoms with Crippen molar-refractivity contribution in [3.05, 3.63) is 22.4 Å². The predicted molar refractivity (Wildman–Crippen MR) is 108 cm³/mol. The summed E-state index contributed by atoms with van der Waals surface area (Å²) in [5.74, 6) is 0.799. The summed E-state index contributed by atoms with van der Waals surface area (Å²) in [4.78, 5) is 16.8. The van der Waals surface area contributed by atoms with Crippen molar-refractivity contribution in [1.82, 2.24) is 16.0 Å². The second-order valence-corrected chi connectivity index (χ2v) is 7.44. The zero-order valence-corrected chi connectivity index (χ0v) is 16.6. The SMILES string of the molecule is CN=C(NCCCNC(=O)c1cccs1)NCCCOC1CCCCC1. The van der Waals surface area contributed by atoms with Crippen LogP contribution in [-0.4, -0.2) is 51.3 Å².